The highest BCUT2D eigenvalue weighted by atomic mass is 16.4. The Kier molecular flexibility index (Phi) is 5.32. The molecule has 108 valence electrons. The van der Waals surface area contributed by atoms with Crippen molar-refractivity contribution in [3.05, 3.63) is 0 Å². The fourth-order valence-corrected chi connectivity index (χ4v) is 2.15. The van der Waals surface area contributed by atoms with Crippen molar-refractivity contribution in [3.63, 3.8) is 0 Å². The molecule has 1 aliphatic heterocycles. The lowest BCUT2D eigenvalue weighted by Gasteiger charge is -2.33. The van der Waals surface area contributed by atoms with Crippen LogP contribution in [-0.4, -0.2) is 46.9 Å². The zero-order valence-electron chi connectivity index (χ0n) is 11.7. The summed E-state index contributed by atoms with van der Waals surface area (Å²) in [5.41, 5.74) is 0. The summed E-state index contributed by atoms with van der Waals surface area (Å²) in [6.07, 6.45) is 1.47. The molecular formula is C13H22N2O4. The van der Waals surface area contributed by atoms with Gasteiger partial charge in [-0.3, -0.25) is 14.4 Å². The van der Waals surface area contributed by atoms with Gasteiger partial charge in [0.25, 0.3) is 0 Å². The molecule has 6 nitrogen and oxygen atoms in total. The maximum Gasteiger partial charge on any atom is 0.325 e. The quantitative estimate of drug-likeness (QED) is 0.777. The van der Waals surface area contributed by atoms with Gasteiger partial charge in [0.1, 0.15) is 6.04 Å². The molecule has 0 radical (unpaired) electrons. The SMILES string of the molecule is CC(C)C(=O)N1CCCC(C(=O)N[C@H](C)C(=O)O)C1. The number of hydrogen-bond acceptors (Lipinski definition) is 3. The molecule has 2 N–H and O–H groups in total. The number of likely N-dealkylation sites (tertiary alicyclic amines) is 1. The van der Waals surface area contributed by atoms with Crippen molar-refractivity contribution < 1.29 is 19.5 Å². The normalized spacial score (nSPS) is 21.1. The summed E-state index contributed by atoms with van der Waals surface area (Å²) in [7, 11) is 0. The van der Waals surface area contributed by atoms with Gasteiger partial charge in [0.05, 0.1) is 5.92 Å². The molecule has 0 spiro atoms. The van der Waals surface area contributed by atoms with Crippen LogP contribution in [-0.2, 0) is 14.4 Å². The first-order chi connectivity index (χ1) is 8.82. The smallest absolute Gasteiger partial charge is 0.325 e. The van der Waals surface area contributed by atoms with Gasteiger partial charge in [-0.15, -0.1) is 0 Å². The lowest BCUT2D eigenvalue weighted by Crippen LogP contribution is -2.49. The number of carboxylic acids is 1. The van der Waals surface area contributed by atoms with E-state index in [-0.39, 0.29) is 23.7 Å². The monoisotopic (exact) mass is 270 g/mol. The molecule has 1 rings (SSSR count). The number of amides is 2. The van der Waals surface area contributed by atoms with Gasteiger partial charge in [-0.05, 0) is 19.8 Å². The molecule has 1 heterocycles. The first-order valence-corrected chi connectivity index (χ1v) is 6.65. The van der Waals surface area contributed by atoms with E-state index in [4.69, 9.17) is 5.11 Å². The van der Waals surface area contributed by atoms with Crippen LogP contribution in [0.5, 0.6) is 0 Å². The van der Waals surface area contributed by atoms with E-state index in [9.17, 15) is 14.4 Å². The number of rotatable bonds is 4. The van der Waals surface area contributed by atoms with Crippen LogP contribution in [0.2, 0.25) is 0 Å². The number of piperidine rings is 1. The summed E-state index contributed by atoms with van der Waals surface area (Å²) in [6.45, 7) is 6.15. The number of aliphatic carboxylic acids is 1. The van der Waals surface area contributed by atoms with Crippen LogP contribution < -0.4 is 5.32 Å². The second kappa shape index (κ2) is 6.54. The number of hydrogen-bond donors (Lipinski definition) is 2. The van der Waals surface area contributed by atoms with Gasteiger partial charge in [0, 0.05) is 19.0 Å². The summed E-state index contributed by atoms with van der Waals surface area (Å²) in [5.74, 6) is -1.68. The Hall–Kier alpha value is -1.59. The number of carbonyl (C=O) groups is 3. The van der Waals surface area contributed by atoms with Crippen LogP contribution in [0.1, 0.15) is 33.6 Å². The molecule has 0 bridgehead atoms. The van der Waals surface area contributed by atoms with Crippen molar-refractivity contribution in [1.82, 2.24) is 10.2 Å². The Labute approximate surface area is 113 Å². The molecule has 2 amide bonds. The Morgan fingerprint density at radius 2 is 1.89 bits per heavy atom. The number of nitrogens with one attached hydrogen (secondary N) is 1. The highest BCUT2D eigenvalue weighted by Gasteiger charge is 2.30. The molecule has 2 atom stereocenters. The Bertz CT molecular complexity index is 368. The van der Waals surface area contributed by atoms with E-state index in [0.29, 0.717) is 19.5 Å². The topological polar surface area (TPSA) is 86.7 Å². The summed E-state index contributed by atoms with van der Waals surface area (Å²) in [5, 5.41) is 11.2. The highest BCUT2D eigenvalue weighted by molar-refractivity contribution is 5.85. The largest absolute Gasteiger partial charge is 0.480 e. The molecule has 1 unspecified atom stereocenters. The van der Waals surface area contributed by atoms with Crippen LogP contribution in [0.3, 0.4) is 0 Å². The third-order valence-electron chi connectivity index (χ3n) is 3.33. The summed E-state index contributed by atoms with van der Waals surface area (Å²) >= 11 is 0. The van der Waals surface area contributed by atoms with Crippen molar-refractivity contribution >= 4 is 17.8 Å². The standard InChI is InChI=1S/C13H22N2O4/c1-8(2)12(17)15-6-4-5-10(7-15)11(16)14-9(3)13(18)19/h8-10H,4-7H2,1-3H3,(H,14,16)(H,18,19)/t9-,10?/m1/s1. The minimum absolute atomic E-state index is 0.0452. The molecule has 0 saturated carbocycles. The Morgan fingerprint density at radius 1 is 1.26 bits per heavy atom. The van der Waals surface area contributed by atoms with Crippen LogP contribution >= 0.6 is 0 Å². The molecule has 0 aliphatic carbocycles. The average Bonchev–Trinajstić information content (AvgIpc) is 2.37. The maximum absolute atomic E-state index is 11.9. The lowest BCUT2D eigenvalue weighted by molar-refractivity contribution is -0.143. The summed E-state index contributed by atoms with van der Waals surface area (Å²) in [6, 6.07) is -0.899. The number of nitrogens with zero attached hydrogens (tertiary/aromatic N) is 1. The second-order valence-electron chi connectivity index (χ2n) is 5.35. The van der Waals surface area contributed by atoms with Gasteiger partial charge in [-0.25, -0.2) is 0 Å². The zero-order chi connectivity index (χ0) is 14.6. The average molecular weight is 270 g/mol. The van der Waals surface area contributed by atoms with Crippen LogP contribution in [0.15, 0.2) is 0 Å². The second-order valence-corrected chi connectivity index (χ2v) is 5.35. The van der Waals surface area contributed by atoms with Crippen LogP contribution in [0.4, 0.5) is 0 Å². The van der Waals surface area contributed by atoms with Crippen LogP contribution in [0.25, 0.3) is 0 Å². The molecule has 0 aromatic rings. The molecule has 1 fully saturated rings. The predicted molar refractivity (Wildman–Crippen MR) is 69.4 cm³/mol. The Balaban J connectivity index is 2.57. The summed E-state index contributed by atoms with van der Waals surface area (Å²) < 4.78 is 0. The summed E-state index contributed by atoms with van der Waals surface area (Å²) in [4.78, 5) is 36.2. The fraction of sp³-hybridized carbons (Fsp3) is 0.769. The maximum atomic E-state index is 11.9. The van der Waals surface area contributed by atoms with Gasteiger partial charge in [0.15, 0.2) is 0 Å². The van der Waals surface area contributed by atoms with Gasteiger partial charge in [0.2, 0.25) is 11.8 Å². The van der Waals surface area contributed by atoms with E-state index >= 15 is 0 Å². The van der Waals surface area contributed by atoms with Crippen molar-refractivity contribution in [1.29, 1.82) is 0 Å². The van der Waals surface area contributed by atoms with Crippen molar-refractivity contribution in [2.24, 2.45) is 11.8 Å². The third kappa shape index (κ3) is 4.22. The molecule has 1 aliphatic rings. The first-order valence-electron chi connectivity index (χ1n) is 6.65. The van der Waals surface area contributed by atoms with Crippen molar-refractivity contribution in [3.8, 4) is 0 Å². The highest BCUT2D eigenvalue weighted by Crippen LogP contribution is 2.18. The molecule has 0 aromatic heterocycles. The van der Waals surface area contributed by atoms with E-state index in [1.54, 1.807) is 4.90 Å². The fourth-order valence-electron chi connectivity index (χ4n) is 2.15. The van der Waals surface area contributed by atoms with E-state index in [0.717, 1.165) is 6.42 Å². The van der Waals surface area contributed by atoms with Gasteiger partial charge >= 0.3 is 5.97 Å². The number of carbonyl (C=O) groups excluding carboxylic acids is 2. The minimum atomic E-state index is -1.06. The number of carboxylic acid groups (broad SMARTS) is 1. The molecular weight excluding hydrogens is 248 g/mol. The molecule has 1 saturated heterocycles. The zero-order valence-corrected chi connectivity index (χ0v) is 11.7. The van der Waals surface area contributed by atoms with Crippen molar-refractivity contribution in [2.45, 2.75) is 39.7 Å². The minimum Gasteiger partial charge on any atom is -0.480 e. The van der Waals surface area contributed by atoms with E-state index in [1.807, 2.05) is 13.8 Å². The van der Waals surface area contributed by atoms with E-state index < -0.39 is 12.0 Å². The van der Waals surface area contributed by atoms with Crippen LogP contribution in [0, 0.1) is 11.8 Å². The van der Waals surface area contributed by atoms with E-state index in [1.165, 1.54) is 6.92 Å². The van der Waals surface area contributed by atoms with Crippen molar-refractivity contribution in [2.75, 3.05) is 13.1 Å². The van der Waals surface area contributed by atoms with E-state index in [2.05, 4.69) is 5.32 Å². The van der Waals surface area contributed by atoms with Gasteiger partial charge in [-0.1, -0.05) is 13.8 Å². The first kappa shape index (κ1) is 15.5. The Morgan fingerprint density at radius 3 is 2.42 bits per heavy atom. The van der Waals surface area contributed by atoms with Gasteiger partial charge < -0.3 is 15.3 Å². The predicted octanol–water partition coefficient (Wildman–Crippen LogP) is 0.470. The molecule has 6 heteroatoms. The third-order valence-corrected chi connectivity index (χ3v) is 3.33. The molecule has 0 aromatic carbocycles. The van der Waals surface area contributed by atoms with Gasteiger partial charge in [-0.2, -0.15) is 0 Å². The molecule has 19 heavy (non-hydrogen) atoms. The lowest BCUT2D eigenvalue weighted by atomic mass is 9.96.